The van der Waals surface area contributed by atoms with E-state index in [-0.39, 0.29) is 5.91 Å². The Balaban J connectivity index is 2.03. The molecule has 0 aliphatic rings. The Kier molecular flexibility index (Phi) is 6.41. The van der Waals surface area contributed by atoms with E-state index >= 15 is 0 Å². The Hall–Kier alpha value is -2.54. The molecule has 2 aromatic rings. The van der Waals surface area contributed by atoms with Gasteiger partial charge in [0, 0.05) is 15.3 Å². The minimum atomic E-state index is -0.432. The van der Waals surface area contributed by atoms with Crippen LogP contribution in [0.1, 0.15) is 43.8 Å². The van der Waals surface area contributed by atoms with E-state index in [0.29, 0.717) is 29.2 Å². The Labute approximate surface area is 151 Å². The van der Waals surface area contributed by atoms with Gasteiger partial charge in [-0.05, 0) is 44.5 Å². The smallest absolute Gasteiger partial charge is 0.270 e. The van der Waals surface area contributed by atoms with Gasteiger partial charge in [-0.2, -0.15) is 0 Å². The second-order valence-corrected chi connectivity index (χ2v) is 6.91. The zero-order valence-corrected chi connectivity index (χ0v) is 15.6. The molecule has 0 aliphatic carbocycles. The first kappa shape index (κ1) is 18.8. The summed E-state index contributed by atoms with van der Waals surface area (Å²) in [4.78, 5) is 26.3. The molecule has 6 nitrogen and oxygen atoms in total. The van der Waals surface area contributed by atoms with Crippen LogP contribution < -0.4 is 20.3 Å². The van der Waals surface area contributed by atoms with Crippen LogP contribution in [0.3, 0.4) is 0 Å². The van der Waals surface area contributed by atoms with Crippen LogP contribution in [-0.2, 0) is 0 Å². The molecule has 7 heteroatoms. The number of aryl methyl sites for hydroxylation is 2. The monoisotopic (exact) mass is 362 g/mol. The van der Waals surface area contributed by atoms with Gasteiger partial charge in [0.1, 0.15) is 0 Å². The first-order valence-electron chi connectivity index (χ1n) is 7.94. The fourth-order valence-corrected chi connectivity index (χ4v) is 3.17. The average Bonchev–Trinajstić information content (AvgIpc) is 2.95. The maximum atomic E-state index is 12.2. The molecule has 25 heavy (non-hydrogen) atoms. The number of hydrazine groups is 1. The predicted molar refractivity (Wildman–Crippen MR) is 97.5 cm³/mol. The number of nitrogens with one attached hydrogen (secondary N) is 2. The number of methoxy groups -OCH3 is 1. The standard InChI is InChI=1S/C18H22N2O4S/c1-5-8-24-15-7-6-13(10-16(15)23-4)17(21)19-20-18(22)14-9-11(2)25-12(14)3/h6-7,9-10H,5,8H2,1-4H3,(H,19,21)(H,20,22). The number of hydrogen-bond donors (Lipinski definition) is 2. The number of carbonyl (C=O) groups is 2. The second-order valence-electron chi connectivity index (χ2n) is 5.45. The highest BCUT2D eigenvalue weighted by Crippen LogP contribution is 2.28. The molecule has 0 bridgehead atoms. The summed E-state index contributed by atoms with van der Waals surface area (Å²) in [6.07, 6.45) is 0.874. The molecule has 1 heterocycles. The quantitative estimate of drug-likeness (QED) is 0.774. The second kappa shape index (κ2) is 8.53. The van der Waals surface area contributed by atoms with Crippen LogP contribution in [0.25, 0.3) is 0 Å². The van der Waals surface area contributed by atoms with Gasteiger partial charge in [0.2, 0.25) is 0 Å². The summed E-state index contributed by atoms with van der Waals surface area (Å²) in [7, 11) is 1.51. The van der Waals surface area contributed by atoms with Crippen LogP contribution in [0.4, 0.5) is 0 Å². The number of carbonyl (C=O) groups excluding carboxylic acids is 2. The van der Waals surface area contributed by atoms with E-state index in [9.17, 15) is 9.59 Å². The molecule has 1 aromatic heterocycles. The number of rotatable bonds is 6. The van der Waals surface area contributed by atoms with Gasteiger partial charge in [0.25, 0.3) is 11.8 Å². The first-order chi connectivity index (χ1) is 12.0. The summed E-state index contributed by atoms with van der Waals surface area (Å²) in [5.74, 6) is 0.273. The van der Waals surface area contributed by atoms with Crippen molar-refractivity contribution in [2.75, 3.05) is 13.7 Å². The Bertz CT molecular complexity index is 770. The van der Waals surface area contributed by atoms with E-state index in [4.69, 9.17) is 9.47 Å². The summed E-state index contributed by atoms with van der Waals surface area (Å²) >= 11 is 1.54. The van der Waals surface area contributed by atoms with Crippen LogP contribution >= 0.6 is 11.3 Å². The normalized spacial score (nSPS) is 10.2. The maximum absolute atomic E-state index is 12.2. The van der Waals surface area contributed by atoms with Crippen LogP contribution in [0, 0.1) is 13.8 Å². The third-order valence-electron chi connectivity index (χ3n) is 3.46. The molecule has 134 valence electrons. The van der Waals surface area contributed by atoms with E-state index in [0.717, 1.165) is 16.2 Å². The summed E-state index contributed by atoms with van der Waals surface area (Å²) < 4.78 is 10.8. The van der Waals surface area contributed by atoms with Gasteiger partial charge in [-0.15, -0.1) is 11.3 Å². The van der Waals surface area contributed by atoms with Crippen LogP contribution in [0.15, 0.2) is 24.3 Å². The minimum Gasteiger partial charge on any atom is -0.493 e. The summed E-state index contributed by atoms with van der Waals surface area (Å²) in [6.45, 7) is 6.38. The minimum absolute atomic E-state index is 0.343. The lowest BCUT2D eigenvalue weighted by atomic mass is 10.2. The zero-order valence-electron chi connectivity index (χ0n) is 14.8. The summed E-state index contributed by atoms with van der Waals surface area (Å²) in [5, 5.41) is 0. The molecular weight excluding hydrogens is 340 g/mol. The Morgan fingerprint density at radius 1 is 1.08 bits per heavy atom. The van der Waals surface area contributed by atoms with E-state index in [1.54, 1.807) is 24.3 Å². The van der Waals surface area contributed by atoms with Gasteiger partial charge < -0.3 is 9.47 Å². The third kappa shape index (κ3) is 4.73. The molecule has 0 atom stereocenters. The number of hydrogen-bond acceptors (Lipinski definition) is 5. The number of amides is 2. The molecule has 0 unspecified atom stereocenters. The summed E-state index contributed by atoms with van der Waals surface area (Å²) in [5.41, 5.74) is 5.77. The molecular formula is C18H22N2O4S. The first-order valence-corrected chi connectivity index (χ1v) is 8.76. The van der Waals surface area contributed by atoms with Crippen molar-refractivity contribution >= 4 is 23.2 Å². The van der Waals surface area contributed by atoms with E-state index < -0.39 is 5.91 Å². The molecule has 0 saturated heterocycles. The predicted octanol–water partition coefficient (Wildman–Crippen LogP) is 3.24. The van der Waals surface area contributed by atoms with Crippen LogP contribution in [-0.4, -0.2) is 25.5 Å². The summed E-state index contributed by atoms with van der Waals surface area (Å²) in [6, 6.07) is 6.67. The number of ether oxygens (including phenoxy) is 2. The van der Waals surface area contributed by atoms with Crippen molar-refractivity contribution in [3.63, 3.8) is 0 Å². The lowest BCUT2D eigenvalue weighted by Crippen LogP contribution is -2.41. The van der Waals surface area contributed by atoms with Gasteiger partial charge in [-0.3, -0.25) is 20.4 Å². The lowest BCUT2D eigenvalue weighted by Gasteiger charge is -2.12. The molecule has 0 fully saturated rings. The highest BCUT2D eigenvalue weighted by atomic mass is 32.1. The zero-order chi connectivity index (χ0) is 18.4. The maximum Gasteiger partial charge on any atom is 0.270 e. The van der Waals surface area contributed by atoms with Crippen molar-refractivity contribution in [3.05, 3.63) is 45.1 Å². The van der Waals surface area contributed by atoms with Crippen molar-refractivity contribution in [3.8, 4) is 11.5 Å². The van der Waals surface area contributed by atoms with Crippen molar-refractivity contribution in [1.29, 1.82) is 0 Å². The topological polar surface area (TPSA) is 76.7 Å². The van der Waals surface area contributed by atoms with Crippen LogP contribution in [0.5, 0.6) is 11.5 Å². The highest BCUT2D eigenvalue weighted by molar-refractivity contribution is 7.12. The highest BCUT2D eigenvalue weighted by Gasteiger charge is 2.15. The SMILES string of the molecule is CCCOc1ccc(C(=O)NNC(=O)c2cc(C)sc2C)cc1OC. The largest absolute Gasteiger partial charge is 0.493 e. The molecule has 0 saturated carbocycles. The molecule has 0 aliphatic heterocycles. The van der Waals surface area contributed by atoms with Crippen molar-refractivity contribution in [2.45, 2.75) is 27.2 Å². The number of thiophene rings is 1. The molecule has 1 aromatic carbocycles. The Morgan fingerprint density at radius 2 is 1.80 bits per heavy atom. The molecule has 0 radical (unpaired) electrons. The van der Waals surface area contributed by atoms with Crippen LogP contribution in [0.2, 0.25) is 0 Å². The average molecular weight is 362 g/mol. The lowest BCUT2D eigenvalue weighted by molar-refractivity contribution is 0.0846. The van der Waals surface area contributed by atoms with Crippen molar-refractivity contribution < 1.29 is 19.1 Å². The third-order valence-corrected chi connectivity index (χ3v) is 4.43. The molecule has 2 amide bonds. The Morgan fingerprint density at radius 3 is 2.40 bits per heavy atom. The van der Waals surface area contributed by atoms with E-state index in [1.807, 2.05) is 20.8 Å². The fourth-order valence-electron chi connectivity index (χ4n) is 2.25. The van der Waals surface area contributed by atoms with Gasteiger partial charge in [-0.25, -0.2) is 0 Å². The van der Waals surface area contributed by atoms with Crippen molar-refractivity contribution in [1.82, 2.24) is 10.9 Å². The van der Waals surface area contributed by atoms with E-state index in [1.165, 1.54) is 18.4 Å². The van der Waals surface area contributed by atoms with Gasteiger partial charge in [0.05, 0.1) is 19.3 Å². The molecule has 0 spiro atoms. The van der Waals surface area contributed by atoms with Gasteiger partial charge in [0.15, 0.2) is 11.5 Å². The fraction of sp³-hybridized carbons (Fsp3) is 0.333. The number of benzene rings is 1. The van der Waals surface area contributed by atoms with Gasteiger partial charge in [-0.1, -0.05) is 6.92 Å². The molecule has 2 N–H and O–H groups in total. The van der Waals surface area contributed by atoms with E-state index in [2.05, 4.69) is 10.9 Å². The van der Waals surface area contributed by atoms with Crippen molar-refractivity contribution in [2.24, 2.45) is 0 Å². The molecule has 2 rings (SSSR count). The van der Waals surface area contributed by atoms with Gasteiger partial charge >= 0.3 is 0 Å².